The van der Waals surface area contributed by atoms with E-state index in [-0.39, 0.29) is 0 Å². The molecule has 0 nitrogen and oxygen atoms in total. The normalized spacial score (nSPS) is 10.2. The van der Waals surface area contributed by atoms with E-state index in [0.717, 1.165) is 0 Å². The van der Waals surface area contributed by atoms with Crippen molar-refractivity contribution < 1.29 is 0 Å². The Morgan fingerprint density at radius 2 is 2.36 bits per heavy atom. The number of benzene rings is 1. The Hall–Kier alpha value is -1.08. The first-order valence-electron chi connectivity index (χ1n) is 3.41. The first kappa shape index (κ1) is 6.62. The average Bonchev–Trinajstić information content (AvgIpc) is 2.50. The lowest BCUT2D eigenvalue weighted by molar-refractivity contribution is 1.77. The van der Waals surface area contributed by atoms with E-state index in [1.807, 2.05) is 11.5 Å². The first-order valence-corrected chi connectivity index (χ1v) is 4.29. The predicted octanol–water partition coefficient (Wildman–Crippen LogP) is 3.34. The minimum Gasteiger partial charge on any atom is -0.143 e. The van der Waals surface area contributed by atoms with E-state index in [9.17, 15) is 0 Å². The van der Waals surface area contributed by atoms with Crippen LogP contribution >= 0.6 is 11.3 Å². The molecule has 1 radical (unpaired) electrons. The molecule has 1 aromatic carbocycles. The molecule has 0 fully saturated rings. The highest BCUT2D eigenvalue weighted by Crippen LogP contribution is 2.21. The van der Waals surface area contributed by atoms with Gasteiger partial charge in [-0.05, 0) is 17.0 Å². The van der Waals surface area contributed by atoms with Crippen molar-refractivity contribution in [2.75, 3.05) is 0 Å². The maximum Gasteiger partial charge on any atom is 0.0355 e. The maximum absolute atomic E-state index is 3.72. The Morgan fingerprint density at radius 1 is 1.45 bits per heavy atom. The Balaban J connectivity index is 2.76. The van der Waals surface area contributed by atoms with Crippen LogP contribution in [-0.4, -0.2) is 0 Å². The van der Waals surface area contributed by atoms with Gasteiger partial charge in [0.1, 0.15) is 0 Å². The summed E-state index contributed by atoms with van der Waals surface area (Å²) in [5.41, 5.74) is 1.17. The van der Waals surface area contributed by atoms with Crippen LogP contribution in [0, 0.1) is 6.07 Å². The predicted molar refractivity (Wildman–Crippen MR) is 50.8 cm³/mol. The highest BCUT2D eigenvalue weighted by Gasteiger charge is 1.93. The SMILES string of the molecule is C=Cc1ccc2[c]csc2c1. The van der Waals surface area contributed by atoms with Gasteiger partial charge in [0.15, 0.2) is 0 Å². The first-order chi connectivity index (χ1) is 5.40. The molecule has 0 aliphatic rings. The van der Waals surface area contributed by atoms with E-state index >= 15 is 0 Å². The van der Waals surface area contributed by atoms with Crippen molar-refractivity contribution >= 4 is 27.5 Å². The van der Waals surface area contributed by atoms with Gasteiger partial charge in [0.2, 0.25) is 0 Å². The fourth-order valence-corrected chi connectivity index (χ4v) is 1.81. The Bertz CT molecular complexity index is 384. The van der Waals surface area contributed by atoms with Gasteiger partial charge in [-0.1, -0.05) is 24.8 Å². The van der Waals surface area contributed by atoms with Gasteiger partial charge >= 0.3 is 0 Å². The van der Waals surface area contributed by atoms with Gasteiger partial charge in [0.25, 0.3) is 0 Å². The molecule has 0 bridgehead atoms. The van der Waals surface area contributed by atoms with Crippen molar-refractivity contribution in [1.82, 2.24) is 0 Å². The van der Waals surface area contributed by atoms with Crippen LogP contribution in [0.1, 0.15) is 5.56 Å². The smallest absolute Gasteiger partial charge is 0.0355 e. The summed E-state index contributed by atoms with van der Waals surface area (Å²) in [7, 11) is 0. The van der Waals surface area contributed by atoms with Crippen LogP contribution in [0.15, 0.2) is 30.2 Å². The molecule has 1 heteroatoms. The summed E-state index contributed by atoms with van der Waals surface area (Å²) in [5.74, 6) is 0. The highest BCUT2D eigenvalue weighted by molar-refractivity contribution is 7.17. The van der Waals surface area contributed by atoms with E-state index in [2.05, 4.69) is 30.8 Å². The molecule has 0 unspecified atom stereocenters. The van der Waals surface area contributed by atoms with Gasteiger partial charge in [-0.2, -0.15) is 0 Å². The molecule has 0 atom stereocenters. The molecule has 53 valence electrons. The Morgan fingerprint density at radius 3 is 3.18 bits per heavy atom. The molecule has 2 aromatic rings. The highest BCUT2D eigenvalue weighted by atomic mass is 32.1. The summed E-state index contributed by atoms with van der Waals surface area (Å²) in [4.78, 5) is 0. The second kappa shape index (κ2) is 2.51. The molecular formula is C10H7S. The monoisotopic (exact) mass is 159 g/mol. The van der Waals surface area contributed by atoms with Gasteiger partial charge in [0.05, 0.1) is 0 Å². The third-order valence-electron chi connectivity index (χ3n) is 1.64. The van der Waals surface area contributed by atoms with Crippen molar-refractivity contribution in [2.45, 2.75) is 0 Å². The van der Waals surface area contributed by atoms with Gasteiger partial charge in [-0.3, -0.25) is 0 Å². The van der Waals surface area contributed by atoms with E-state index in [4.69, 9.17) is 0 Å². The van der Waals surface area contributed by atoms with Gasteiger partial charge in [-0.25, -0.2) is 0 Å². The minimum absolute atomic E-state index is 1.17. The second-order valence-corrected chi connectivity index (χ2v) is 3.25. The molecule has 2 rings (SSSR count). The Kier molecular flexibility index (Phi) is 1.51. The van der Waals surface area contributed by atoms with Gasteiger partial charge < -0.3 is 0 Å². The molecular weight excluding hydrogens is 152 g/mol. The molecule has 0 saturated carbocycles. The topological polar surface area (TPSA) is 0 Å². The molecule has 1 aromatic heterocycles. The van der Waals surface area contributed by atoms with Gasteiger partial charge in [-0.15, -0.1) is 11.3 Å². The van der Waals surface area contributed by atoms with E-state index < -0.39 is 0 Å². The Labute approximate surface area is 69.8 Å². The van der Waals surface area contributed by atoms with Crippen molar-refractivity contribution in [3.8, 4) is 0 Å². The third-order valence-corrected chi connectivity index (χ3v) is 2.47. The molecule has 0 aliphatic heterocycles. The van der Waals surface area contributed by atoms with E-state index in [1.54, 1.807) is 11.3 Å². The molecule has 0 aliphatic carbocycles. The van der Waals surface area contributed by atoms with Crippen LogP contribution in [0.2, 0.25) is 0 Å². The third kappa shape index (κ3) is 1.08. The van der Waals surface area contributed by atoms with Crippen LogP contribution in [-0.2, 0) is 0 Å². The number of rotatable bonds is 1. The zero-order chi connectivity index (χ0) is 7.68. The summed E-state index contributed by atoms with van der Waals surface area (Å²) in [6.07, 6.45) is 1.86. The molecule has 1 heterocycles. The van der Waals surface area contributed by atoms with Crippen molar-refractivity contribution in [3.63, 3.8) is 0 Å². The van der Waals surface area contributed by atoms with Crippen LogP contribution in [0.25, 0.3) is 16.2 Å². The van der Waals surface area contributed by atoms with Crippen LogP contribution in [0.3, 0.4) is 0 Å². The lowest BCUT2D eigenvalue weighted by Gasteiger charge is -1.91. The zero-order valence-electron chi connectivity index (χ0n) is 6.00. The number of fused-ring (bicyclic) bond motifs is 1. The zero-order valence-corrected chi connectivity index (χ0v) is 6.82. The summed E-state index contributed by atoms with van der Waals surface area (Å²) in [5, 5.41) is 3.18. The maximum atomic E-state index is 3.72. The fourth-order valence-electron chi connectivity index (χ4n) is 1.04. The van der Waals surface area contributed by atoms with Crippen molar-refractivity contribution in [2.24, 2.45) is 0 Å². The van der Waals surface area contributed by atoms with E-state index in [1.165, 1.54) is 15.6 Å². The van der Waals surface area contributed by atoms with Crippen molar-refractivity contribution in [3.05, 3.63) is 41.8 Å². The summed E-state index contributed by atoms with van der Waals surface area (Å²) < 4.78 is 1.28. The van der Waals surface area contributed by atoms with Gasteiger partial charge in [0, 0.05) is 16.2 Å². The van der Waals surface area contributed by atoms with Crippen molar-refractivity contribution in [1.29, 1.82) is 0 Å². The van der Waals surface area contributed by atoms with E-state index in [0.29, 0.717) is 0 Å². The average molecular weight is 159 g/mol. The largest absolute Gasteiger partial charge is 0.143 e. The fraction of sp³-hybridized carbons (Fsp3) is 0. The summed E-state index contributed by atoms with van der Waals surface area (Å²) in [6, 6.07) is 9.41. The lowest BCUT2D eigenvalue weighted by atomic mass is 10.2. The molecule has 0 saturated heterocycles. The molecule has 0 amide bonds. The number of hydrogen-bond acceptors (Lipinski definition) is 1. The number of hydrogen-bond donors (Lipinski definition) is 0. The number of thiophene rings is 1. The van der Waals surface area contributed by atoms with Crippen LogP contribution in [0.5, 0.6) is 0 Å². The lowest BCUT2D eigenvalue weighted by Crippen LogP contribution is -1.67. The quantitative estimate of drug-likeness (QED) is 0.598. The van der Waals surface area contributed by atoms with Crippen LogP contribution in [0.4, 0.5) is 0 Å². The van der Waals surface area contributed by atoms with Crippen LogP contribution < -0.4 is 0 Å². The standard InChI is InChI=1S/C10H7S/c1-2-8-3-4-9-5-6-11-10(9)7-8/h2-4,6-7H,1H2. The summed E-state index contributed by atoms with van der Waals surface area (Å²) in [6.45, 7) is 3.72. The molecule has 0 spiro atoms. The minimum atomic E-state index is 1.17. The molecule has 0 N–H and O–H groups in total. The second-order valence-electron chi connectivity index (χ2n) is 2.34. The summed E-state index contributed by atoms with van der Waals surface area (Å²) >= 11 is 1.71. The molecule has 11 heavy (non-hydrogen) atoms.